The fourth-order valence-corrected chi connectivity index (χ4v) is 2.38. The topological polar surface area (TPSA) is 39.4 Å². The summed E-state index contributed by atoms with van der Waals surface area (Å²) < 4.78 is 10.5. The van der Waals surface area contributed by atoms with Gasteiger partial charge in [-0.05, 0) is 25.8 Å². The first-order chi connectivity index (χ1) is 7.83. The molecular formula is C13H18O3. The van der Waals surface area contributed by atoms with Gasteiger partial charge < -0.3 is 9.15 Å². The molecule has 0 aliphatic heterocycles. The van der Waals surface area contributed by atoms with Gasteiger partial charge in [-0.1, -0.05) is 19.3 Å². The minimum atomic E-state index is -0.253. The molecule has 0 aromatic carbocycles. The van der Waals surface area contributed by atoms with E-state index in [4.69, 9.17) is 9.15 Å². The van der Waals surface area contributed by atoms with E-state index in [9.17, 15) is 4.79 Å². The average Bonchev–Trinajstić information content (AvgIpc) is 2.79. The van der Waals surface area contributed by atoms with E-state index in [2.05, 4.69) is 0 Å². The van der Waals surface area contributed by atoms with E-state index in [1.54, 1.807) is 12.3 Å². The monoisotopic (exact) mass is 222 g/mol. The van der Waals surface area contributed by atoms with Crippen LogP contribution in [-0.4, -0.2) is 12.6 Å². The standard InChI is InChI=1S/C13H18O3/c1-2-15-13(14)11-8-9-16-12(11)10-6-4-3-5-7-10/h8-10H,2-7H2,1H3. The molecule has 0 radical (unpaired) electrons. The molecule has 1 fully saturated rings. The zero-order chi connectivity index (χ0) is 11.4. The largest absolute Gasteiger partial charge is 0.468 e. The van der Waals surface area contributed by atoms with Crippen LogP contribution in [-0.2, 0) is 4.74 Å². The lowest BCUT2D eigenvalue weighted by atomic mass is 9.86. The van der Waals surface area contributed by atoms with Crippen LogP contribution < -0.4 is 0 Å². The Balaban J connectivity index is 2.14. The van der Waals surface area contributed by atoms with Crippen LogP contribution in [0.5, 0.6) is 0 Å². The van der Waals surface area contributed by atoms with Crippen molar-refractivity contribution in [3.05, 3.63) is 23.7 Å². The number of ether oxygens (including phenoxy) is 1. The molecule has 16 heavy (non-hydrogen) atoms. The van der Waals surface area contributed by atoms with E-state index in [-0.39, 0.29) is 5.97 Å². The normalized spacial score (nSPS) is 17.3. The van der Waals surface area contributed by atoms with Gasteiger partial charge in [0.25, 0.3) is 0 Å². The van der Waals surface area contributed by atoms with Gasteiger partial charge in [-0.15, -0.1) is 0 Å². The summed E-state index contributed by atoms with van der Waals surface area (Å²) in [5.74, 6) is 0.984. The molecule has 3 nitrogen and oxygen atoms in total. The van der Waals surface area contributed by atoms with Crippen LogP contribution in [0.25, 0.3) is 0 Å². The number of esters is 1. The number of furan rings is 1. The summed E-state index contributed by atoms with van der Waals surface area (Å²) in [6.07, 6.45) is 7.60. The van der Waals surface area contributed by atoms with E-state index < -0.39 is 0 Å². The van der Waals surface area contributed by atoms with Crippen LogP contribution in [0, 0.1) is 0 Å². The maximum atomic E-state index is 11.7. The summed E-state index contributed by atoms with van der Waals surface area (Å²) in [7, 11) is 0. The Morgan fingerprint density at radius 3 is 2.88 bits per heavy atom. The molecule has 0 unspecified atom stereocenters. The zero-order valence-corrected chi connectivity index (χ0v) is 9.70. The molecule has 2 rings (SSSR count). The van der Waals surface area contributed by atoms with Crippen molar-refractivity contribution in [2.75, 3.05) is 6.61 Å². The third-order valence-electron chi connectivity index (χ3n) is 3.17. The van der Waals surface area contributed by atoms with E-state index in [0.717, 1.165) is 18.6 Å². The lowest BCUT2D eigenvalue weighted by molar-refractivity contribution is 0.0522. The van der Waals surface area contributed by atoms with Gasteiger partial charge in [0.15, 0.2) is 0 Å². The molecule has 0 saturated heterocycles. The first-order valence-corrected chi connectivity index (χ1v) is 6.07. The van der Waals surface area contributed by atoms with Crippen LogP contribution in [0.3, 0.4) is 0 Å². The second kappa shape index (κ2) is 5.19. The van der Waals surface area contributed by atoms with Crippen molar-refractivity contribution in [1.82, 2.24) is 0 Å². The number of carbonyl (C=O) groups excluding carboxylic acids is 1. The SMILES string of the molecule is CCOC(=O)c1ccoc1C1CCCCC1. The molecule has 0 atom stereocenters. The Labute approximate surface area is 95.8 Å². The summed E-state index contributed by atoms with van der Waals surface area (Å²) in [5, 5.41) is 0. The molecule has 3 heteroatoms. The molecule has 1 aromatic heterocycles. The maximum absolute atomic E-state index is 11.7. The van der Waals surface area contributed by atoms with Gasteiger partial charge in [0.2, 0.25) is 0 Å². The van der Waals surface area contributed by atoms with E-state index >= 15 is 0 Å². The number of rotatable bonds is 3. The summed E-state index contributed by atoms with van der Waals surface area (Å²) in [6.45, 7) is 2.23. The van der Waals surface area contributed by atoms with Crippen LogP contribution in [0.4, 0.5) is 0 Å². The summed E-state index contributed by atoms with van der Waals surface area (Å²) >= 11 is 0. The molecule has 1 aliphatic carbocycles. The molecule has 1 saturated carbocycles. The Kier molecular flexibility index (Phi) is 3.65. The summed E-state index contributed by atoms with van der Waals surface area (Å²) in [6, 6.07) is 1.72. The molecule has 88 valence electrons. The van der Waals surface area contributed by atoms with Crippen molar-refractivity contribution in [2.24, 2.45) is 0 Å². The third-order valence-corrected chi connectivity index (χ3v) is 3.17. The number of carbonyl (C=O) groups is 1. The Morgan fingerprint density at radius 1 is 1.44 bits per heavy atom. The molecular weight excluding hydrogens is 204 g/mol. The van der Waals surface area contributed by atoms with Gasteiger partial charge in [-0.2, -0.15) is 0 Å². The van der Waals surface area contributed by atoms with Crippen molar-refractivity contribution in [3.63, 3.8) is 0 Å². The fourth-order valence-electron chi connectivity index (χ4n) is 2.38. The van der Waals surface area contributed by atoms with Crippen LogP contribution >= 0.6 is 0 Å². The van der Waals surface area contributed by atoms with Gasteiger partial charge in [-0.3, -0.25) is 0 Å². The average molecular weight is 222 g/mol. The van der Waals surface area contributed by atoms with E-state index in [1.807, 2.05) is 6.92 Å². The number of hydrogen-bond donors (Lipinski definition) is 0. The van der Waals surface area contributed by atoms with Gasteiger partial charge in [0.05, 0.1) is 12.9 Å². The molecule has 0 bridgehead atoms. The quantitative estimate of drug-likeness (QED) is 0.735. The molecule has 1 aromatic rings. The smallest absolute Gasteiger partial charge is 0.341 e. The van der Waals surface area contributed by atoms with Crippen molar-refractivity contribution < 1.29 is 13.9 Å². The summed E-state index contributed by atoms with van der Waals surface area (Å²) in [5.41, 5.74) is 0.619. The van der Waals surface area contributed by atoms with Gasteiger partial charge in [0, 0.05) is 5.92 Å². The highest BCUT2D eigenvalue weighted by Crippen LogP contribution is 2.35. The minimum Gasteiger partial charge on any atom is -0.468 e. The number of hydrogen-bond acceptors (Lipinski definition) is 3. The molecule has 0 amide bonds. The maximum Gasteiger partial charge on any atom is 0.341 e. The first kappa shape index (κ1) is 11.2. The molecule has 1 aliphatic rings. The highest BCUT2D eigenvalue weighted by atomic mass is 16.5. The predicted molar refractivity (Wildman–Crippen MR) is 60.5 cm³/mol. The van der Waals surface area contributed by atoms with Crippen LogP contribution in [0.15, 0.2) is 16.7 Å². The van der Waals surface area contributed by atoms with E-state index in [0.29, 0.717) is 18.1 Å². The second-order valence-corrected chi connectivity index (χ2v) is 4.25. The minimum absolute atomic E-state index is 0.253. The van der Waals surface area contributed by atoms with Gasteiger partial charge >= 0.3 is 5.97 Å². The first-order valence-electron chi connectivity index (χ1n) is 6.07. The Morgan fingerprint density at radius 2 is 2.19 bits per heavy atom. The van der Waals surface area contributed by atoms with Gasteiger partial charge in [-0.25, -0.2) is 4.79 Å². The van der Waals surface area contributed by atoms with Gasteiger partial charge in [0.1, 0.15) is 11.3 Å². The molecule has 0 spiro atoms. The van der Waals surface area contributed by atoms with Crippen LogP contribution in [0.1, 0.15) is 61.1 Å². The highest BCUT2D eigenvalue weighted by molar-refractivity contribution is 5.90. The van der Waals surface area contributed by atoms with Crippen LogP contribution in [0.2, 0.25) is 0 Å². The fraction of sp³-hybridized carbons (Fsp3) is 0.615. The highest BCUT2D eigenvalue weighted by Gasteiger charge is 2.24. The zero-order valence-electron chi connectivity index (χ0n) is 9.70. The molecule has 1 heterocycles. The van der Waals surface area contributed by atoms with Crippen molar-refractivity contribution in [1.29, 1.82) is 0 Å². The van der Waals surface area contributed by atoms with Crippen molar-refractivity contribution >= 4 is 5.97 Å². The van der Waals surface area contributed by atoms with Crippen molar-refractivity contribution in [2.45, 2.75) is 44.9 Å². The second-order valence-electron chi connectivity index (χ2n) is 4.25. The molecule has 0 N–H and O–H groups in total. The lowest BCUT2D eigenvalue weighted by Gasteiger charge is -2.20. The lowest BCUT2D eigenvalue weighted by Crippen LogP contribution is -2.11. The van der Waals surface area contributed by atoms with Crippen molar-refractivity contribution in [3.8, 4) is 0 Å². The van der Waals surface area contributed by atoms with E-state index in [1.165, 1.54) is 19.3 Å². The summed E-state index contributed by atoms with van der Waals surface area (Å²) in [4.78, 5) is 11.7. The third kappa shape index (κ3) is 2.29. The Bertz CT molecular complexity index is 348. The predicted octanol–water partition coefficient (Wildman–Crippen LogP) is 3.50. The Hall–Kier alpha value is -1.25.